The zero-order valence-corrected chi connectivity index (χ0v) is 9.60. The number of fused-ring (bicyclic) bond motifs is 1. The second-order valence-electron chi connectivity index (χ2n) is 3.26. The normalized spacial score (nSPS) is 30.0. The van der Waals surface area contributed by atoms with Crippen LogP contribution in [0.3, 0.4) is 0 Å². The zero-order valence-electron chi connectivity index (χ0n) is 7.97. The minimum absolute atomic E-state index is 0.0930. The summed E-state index contributed by atoms with van der Waals surface area (Å²) in [6.45, 7) is 0. The first-order valence-electron chi connectivity index (χ1n) is 4.31. The third-order valence-electron chi connectivity index (χ3n) is 2.48. The molecule has 0 spiro atoms. The Labute approximate surface area is 95.1 Å². The van der Waals surface area contributed by atoms with Crippen molar-refractivity contribution in [3.05, 3.63) is 9.93 Å². The van der Waals surface area contributed by atoms with Gasteiger partial charge in [0.2, 0.25) is 5.91 Å². The van der Waals surface area contributed by atoms with Gasteiger partial charge in [-0.3, -0.25) is 9.69 Å². The molecule has 0 aliphatic carbocycles. The van der Waals surface area contributed by atoms with Gasteiger partial charge in [-0.05, 0) is 6.26 Å². The Morgan fingerprint density at radius 2 is 2.40 bits per heavy atom. The number of carboxylic acid groups (broad SMARTS) is 1. The maximum Gasteiger partial charge on any atom is 0.354 e. The number of nitrogens with two attached hydrogens (primary N) is 1. The number of amides is 1. The predicted molar refractivity (Wildman–Crippen MR) is 59.2 cm³/mol. The summed E-state index contributed by atoms with van der Waals surface area (Å²) in [7, 11) is 0. The highest BCUT2D eigenvalue weighted by Gasteiger charge is 2.51. The summed E-state index contributed by atoms with van der Waals surface area (Å²) in [6.07, 6.45) is 1.80. The molecule has 1 fully saturated rings. The van der Waals surface area contributed by atoms with E-state index in [2.05, 4.69) is 0 Å². The van der Waals surface area contributed by atoms with Gasteiger partial charge in [0.05, 0.1) is 10.3 Å². The molecule has 2 unspecified atom stereocenters. The average molecular weight is 246 g/mol. The van der Waals surface area contributed by atoms with Crippen LogP contribution in [0.4, 0.5) is 0 Å². The smallest absolute Gasteiger partial charge is 0.354 e. The Morgan fingerprint density at radius 3 is 2.93 bits per heavy atom. The molecule has 2 rings (SSSR count). The van der Waals surface area contributed by atoms with Crippen LogP contribution in [0.1, 0.15) is 0 Å². The molecule has 0 aromatic carbocycles. The Kier molecular flexibility index (Phi) is 2.70. The minimum Gasteiger partial charge on any atom is -0.477 e. The number of nitrogens with zero attached hydrogens (tertiary/aromatic N) is 1. The molecule has 2 atom stereocenters. The fourth-order valence-electron chi connectivity index (χ4n) is 1.70. The van der Waals surface area contributed by atoms with Crippen molar-refractivity contribution in [1.82, 2.24) is 4.90 Å². The fraction of sp³-hybridized carbons (Fsp3) is 0.500. The molecule has 0 aromatic rings. The molecule has 2 aliphatic heterocycles. The molecular formula is C8H10N2O3S2. The van der Waals surface area contributed by atoms with Crippen LogP contribution in [0.25, 0.3) is 0 Å². The highest BCUT2D eigenvalue weighted by Crippen LogP contribution is 2.42. The second-order valence-corrected chi connectivity index (χ2v) is 5.36. The van der Waals surface area contributed by atoms with E-state index < -0.39 is 12.0 Å². The van der Waals surface area contributed by atoms with Crippen molar-refractivity contribution in [2.75, 3.05) is 12.0 Å². The summed E-state index contributed by atoms with van der Waals surface area (Å²) < 4.78 is 0.680. The van der Waals surface area contributed by atoms with Gasteiger partial charge in [-0.1, -0.05) is 0 Å². The lowest BCUT2D eigenvalue weighted by atomic mass is 9.96. The topological polar surface area (TPSA) is 83.6 Å². The number of aliphatic carboxylic acids is 1. The molecule has 5 nitrogen and oxygen atoms in total. The van der Waals surface area contributed by atoms with Crippen LogP contribution >= 0.6 is 23.5 Å². The number of carboxylic acids is 1. The number of carbonyl (C=O) groups is 2. The lowest BCUT2D eigenvalue weighted by Crippen LogP contribution is -2.70. The van der Waals surface area contributed by atoms with Crippen LogP contribution in [0.2, 0.25) is 0 Å². The number of thioether (sulfide) groups is 2. The number of hydrogen-bond acceptors (Lipinski definition) is 5. The van der Waals surface area contributed by atoms with Crippen molar-refractivity contribution in [2.45, 2.75) is 12.1 Å². The first-order valence-corrected chi connectivity index (χ1v) is 6.52. The van der Waals surface area contributed by atoms with E-state index in [1.54, 1.807) is 6.26 Å². The lowest BCUT2D eigenvalue weighted by Gasteiger charge is -2.48. The van der Waals surface area contributed by atoms with Crippen molar-refractivity contribution < 1.29 is 14.7 Å². The molecule has 0 saturated carbocycles. The van der Waals surface area contributed by atoms with Gasteiger partial charge in [0.15, 0.2) is 5.70 Å². The average Bonchev–Trinajstić information content (AvgIpc) is 2.25. The van der Waals surface area contributed by atoms with E-state index in [0.29, 0.717) is 9.99 Å². The van der Waals surface area contributed by atoms with Crippen molar-refractivity contribution in [3.63, 3.8) is 0 Å². The van der Waals surface area contributed by atoms with Crippen molar-refractivity contribution in [2.24, 2.45) is 5.73 Å². The Hall–Kier alpha value is -0.660. The fourth-order valence-corrected chi connectivity index (χ4v) is 3.75. The summed E-state index contributed by atoms with van der Waals surface area (Å²) in [4.78, 5) is 23.8. The maximum absolute atomic E-state index is 11.5. The van der Waals surface area contributed by atoms with Crippen molar-refractivity contribution >= 4 is 35.4 Å². The van der Waals surface area contributed by atoms with Gasteiger partial charge in [0, 0.05) is 5.75 Å². The van der Waals surface area contributed by atoms with E-state index in [1.807, 2.05) is 0 Å². The predicted octanol–water partition coefficient (Wildman–Crippen LogP) is -0.112. The third kappa shape index (κ3) is 1.45. The molecule has 1 amide bonds. The van der Waals surface area contributed by atoms with Gasteiger partial charge >= 0.3 is 5.97 Å². The second kappa shape index (κ2) is 3.73. The molecule has 2 heterocycles. The Bertz CT molecular complexity index is 369. The van der Waals surface area contributed by atoms with E-state index in [-0.39, 0.29) is 17.6 Å². The summed E-state index contributed by atoms with van der Waals surface area (Å²) >= 11 is 2.81. The molecule has 3 N–H and O–H groups in total. The van der Waals surface area contributed by atoms with Gasteiger partial charge in [-0.2, -0.15) is 0 Å². The van der Waals surface area contributed by atoms with Gasteiger partial charge in [-0.25, -0.2) is 4.79 Å². The monoisotopic (exact) mass is 246 g/mol. The lowest BCUT2D eigenvalue weighted by molar-refractivity contribution is -0.150. The molecule has 0 bridgehead atoms. The van der Waals surface area contributed by atoms with E-state index in [0.717, 1.165) is 0 Å². The van der Waals surface area contributed by atoms with E-state index in [4.69, 9.17) is 10.8 Å². The molecule has 7 heteroatoms. The summed E-state index contributed by atoms with van der Waals surface area (Å²) in [5.74, 6) is -0.666. The Morgan fingerprint density at radius 1 is 1.73 bits per heavy atom. The van der Waals surface area contributed by atoms with Gasteiger partial charge < -0.3 is 10.8 Å². The maximum atomic E-state index is 11.5. The van der Waals surface area contributed by atoms with Crippen LogP contribution in [0, 0.1) is 0 Å². The molecule has 1 saturated heterocycles. The largest absolute Gasteiger partial charge is 0.477 e. The van der Waals surface area contributed by atoms with Crippen molar-refractivity contribution in [3.8, 4) is 0 Å². The molecule has 0 aromatic heterocycles. The molecule has 2 aliphatic rings. The number of carbonyl (C=O) groups excluding carboxylic acids is 1. The number of β-lactam (4-membered cyclic amide) rings is 1. The Balaban J connectivity index is 2.38. The van der Waals surface area contributed by atoms with E-state index in [1.165, 1.54) is 28.4 Å². The highest BCUT2D eigenvalue weighted by molar-refractivity contribution is 8.22. The minimum atomic E-state index is -1.06. The highest BCUT2D eigenvalue weighted by atomic mass is 32.2. The summed E-state index contributed by atoms with van der Waals surface area (Å²) in [5.41, 5.74) is 5.69. The molecule has 0 radical (unpaired) electrons. The van der Waals surface area contributed by atoms with Crippen LogP contribution in [-0.4, -0.2) is 46.0 Å². The SMILES string of the molecule is CSC1=C(C(=O)O)N2C(=O)C(N)C2CS1. The van der Waals surface area contributed by atoms with E-state index >= 15 is 0 Å². The van der Waals surface area contributed by atoms with Gasteiger partial charge in [0.25, 0.3) is 0 Å². The quantitative estimate of drug-likeness (QED) is 0.661. The van der Waals surface area contributed by atoms with Crippen LogP contribution in [-0.2, 0) is 9.59 Å². The molecule has 82 valence electrons. The molecule has 15 heavy (non-hydrogen) atoms. The van der Waals surface area contributed by atoms with E-state index in [9.17, 15) is 9.59 Å². The number of rotatable bonds is 2. The van der Waals surface area contributed by atoms with Crippen LogP contribution in [0.15, 0.2) is 9.93 Å². The molecular weight excluding hydrogens is 236 g/mol. The summed E-state index contributed by atoms with van der Waals surface area (Å²) in [5, 5.41) is 9.05. The first-order chi connectivity index (χ1) is 7.07. The third-order valence-corrected chi connectivity index (χ3v) is 4.86. The standard InChI is InChI=1S/C8H10N2O3S2/c1-14-8-5(7(12)13)10-3(2-15-8)4(9)6(10)11/h3-4H,2,9H2,1H3,(H,12,13). The summed E-state index contributed by atoms with van der Waals surface area (Å²) in [6, 6.07) is -0.681. The van der Waals surface area contributed by atoms with Crippen LogP contribution < -0.4 is 5.73 Å². The van der Waals surface area contributed by atoms with Crippen molar-refractivity contribution in [1.29, 1.82) is 0 Å². The zero-order chi connectivity index (χ0) is 11.2. The number of hydrogen-bond donors (Lipinski definition) is 2. The van der Waals surface area contributed by atoms with Gasteiger partial charge in [-0.15, -0.1) is 23.5 Å². The van der Waals surface area contributed by atoms with Crippen LogP contribution in [0.5, 0.6) is 0 Å². The van der Waals surface area contributed by atoms with Gasteiger partial charge in [0.1, 0.15) is 6.04 Å². The first kappa shape index (κ1) is 10.8.